The number of unbranched alkanes of at least 4 members (excludes halogenated alkanes) is 9. The number of carbonyl (C=O) groups is 3. The molecule has 0 aliphatic heterocycles. The second-order valence-corrected chi connectivity index (χ2v) is 6.45. The zero-order valence-corrected chi connectivity index (χ0v) is 15.2. The van der Waals surface area contributed by atoms with E-state index in [4.69, 9.17) is 5.11 Å². The van der Waals surface area contributed by atoms with Crippen LogP contribution in [0.25, 0.3) is 0 Å². The van der Waals surface area contributed by atoms with Gasteiger partial charge in [0.05, 0.1) is 0 Å². The lowest BCUT2D eigenvalue weighted by molar-refractivity contribution is -0.137. The van der Waals surface area contributed by atoms with Crippen LogP contribution in [0.1, 0.15) is 96.8 Å². The van der Waals surface area contributed by atoms with Gasteiger partial charge >= 0.3 is 5.97 Å². The van der Waals surface area contributed by atoms with E-state index in [0.29, 0.717) is 12.8 Å². The molecule has 138 valence electrons. The van der Waals surface area contributed by atoms with Crippen molar-refractivity contribution in [1.82, 2.24) is 0 Å². The third-order valence-electron chi connectivity index (χ3n) is 4.05. The molecule has 0 rings (SSSR count). The van der Waals surface area contributed by atoms with E-state index < -0.39 is 5.97 Å². The van der Waals surface area contributed by atoms with Crippen LogP contribution in [0.3, 0.4) is 0 Å². The third kappa shape index (κ3) is 16.9. The maximum absolute atomic E-state index is 11.7. The molecular formula is C20H34O4. The van der Waals surface area contributed by atoms with Crippen LogP contribution in [0.4, 0.5) is 0 Å². The van der Waals surface area contributed by atoms with Gasteiger partial charge in [0, 0.05) is 19.3 Å². The number of hydrogen-bond donors (Lipinski definition) is 1. The predicted molar refractivity (Wildman–Crippen MR) is 97.1 cm³/mol. The number of allylic oxidation sites excluding steroid dienone is 2. The minimum atomic E-state index is -0.721. The number of carbonyl (C=O) groups excluding carboxylic acids is 2. The Bertz CT molecular complexity index is 385. The van der Waals surface area contributed by atoms with Crippen molar-refractivity contribution in [2.75, 3.05) is 0 Å². The van der Waals surface area contributed by atoms with Crippen LogP contribution in [0.2, 0.25) is 0 Å². The summed E-state index contributed by atoms with van der Waals surface area (Å²) in [5, 5.41) is 8.52. The van der Waals surface area contributed by atoms with Crippen molar-refractivity contribution in [3.63, 3.8) is 0 Å². The van der Waals surface area contributed by atoms with E-state index in [9.17, 15) is 14.4 Å². The van der Waals surface area contributed by atoms with E-state index in [-0.39, 0.29) is 18.0 Å². The van der Waals surface area contributed by atoms with Crippen molar-refractivity contribution >= 4 is 17.5 Å². The average Bonchev–Trinajstić information content (AvgIpc) is 2.55. The molecule has 0 atom stereocenters. The van der Waals surface area contributed by atoms with Crippen molar-refractivity contribution < 1.29 is 19.5 Å². The molecule has 24 heavy (non-hydrogen) atoms. The summed E-state index contributed by atoms with van der Waals surface area (Å²) in [7, 11) is 0. The lowest BCUT2D eigenvalue weighted by atomic mass is 10.1. The Balaban J connectivity index is 3.47. The first-order chi connectivity index (χ1) is 11.6. The van der Waals surface area contributed by atoms with E-state index in [2.05, 4.69) is 6.92 Å². The van der Waals surface area contributed by atoms with E-state index in [1.54, 1.807) is 0 Å². The van der Waals surface area contributed by atoms with Crippen molar-refractivity contribution in [2.24, 2.45) is 0 Å². The molecule has 0 radical (unpaired) electrons. The summed E-state index contributed by atoms with van der Waals surface area (Å²) in [6, 6.07) is 0. The van der Waals surface area contributed by atoms with Crippen LogP contribution < -0.4 is 0 Å². The Morgan fingerprint density at radius 3 is 1.42 bits per heavy atom. The number of carboxylic acids is 1. The van der Waals surface area contributed by atoms with Crippen molar-refractivity contribution in [3.05, 3.63) is 12.2 Å². The zero-order chi connectivity index (χ0) is 18.0. The van der Waals surface area contributed by atoms with Gasteiger partial charge in [-0.25, -0.2) is 0 Å². The van der Waals surface area contributed by atoms with Gasteiger partial charge in [0.25, 0.3) is 0 Å². The van der Waals surface area contributed by atoms with E-state index in [1.807, 2.05) is 0 Å². The SMILES string of the molecule is CCCCCCC(=O)C=CC(=O)CCCCCCCCCC(=O)O. The van der Waals surface area contributed by atoms with Gasteiger partial charge in [-0.3, -0.25) is 14.4 Å². The van der Waals surface area contributed by atoms with Crippen molar-refractivity contribution in [3.8, 4) is 0 Å². The lowest BCUT2D eigenvalue weighted by Crippen LogP contribution is -1.97. The molecule has 0 amide bonds. The molecule has 0 aromatic heterocycles. The van der Waals surface area contributed by atoms with Gasteiger partial charge in [0.15, 0.2) is 11.6 Å². The van der Waals surface area contributed by atoms with Crippen LogP contribution in [-0.2, 0) is 14.4 Å². The normalized spacial score (nSPS) is 11.0. The van der Waals surface area contributed by atoms with Crippen molar-refractivity contribution in [1.29, 1.82) is 0 Å². The second-order valence-electron chi connectivity index (χ2n) is 6.45. The molecule has 0 spiro atoms. The van der Waals surface area contributed by atoms with Gasteiger partial charge in [-0.05, 0) is 31.4 Å². The Labute approximate surface area is 146 Å². The molecule has 0 aliphatic carbocycles. The summed E-state index contributed by atoms with van der Waals surface area (Å²) in [5.74, 6) is -0.625. The summed E-state index contributed by atoms with van der Waals surface area (Å²) in [6.07, 6.45) is 15.4. The summed E-state index contributed by atoms with van der Waals surface area (Å²) >= 11 is 0. The monoisotopic (exact) mass is 338 g/mol. The van der Waals surface area contributed by atoms with Gasteiger partial charge in [-0.1, -0.05) is 58.3 Å². The highest BCUT2D eigenvalue weighted by Crippen LogP contribution is 2.10. The molecule has 1 N–H and O–H groups in total. The van der Waals surface area contributed by atoms with Crippen LogP contribution >= 0.6 is 0 Å². The fourth-order valence-corrected chi connectivity index (χ4v) is 2.54. The lowest BCUT2D eigenvalue weighted by Gasteiger charge is -2.00. The minimum absolute atomic E-state index is 0.0402. The smallest absolute Gasteiger partial charge is 0.303 e. The molecule has 0 saturated carbocycles. The Morgan fingerprint density at radius 2 is 1.00 bits per heavy atom. The highest BCUT2D eigenvalue weighted by atomic mass is 16.4. The molecule has 4 heteroatoms. The Morgan fingerprint density at radius 1 is 0.625 bits per heavy atom. The standard InChI is InChI=1S/C20H34O4/c1-2-3-4-10-13-18(21)16-17-19(22)14-11-8-6-5-7-9-12-15-20(23)24/h16-17H,2-15H2,1H3,(H,23,24). The quantitative estimate of drug-likeness (QED) is 0.290. The maximum atomic E-state index is 11.7. The van der Waals surface area contributed by atoms with Crippen LogP contribution in [0, 0.1) is 0 Å². The fraction of sp³-hybridized carbons (Fsp3) is 0.750. The van der Waals surface area contributed by atoms with Gasteiger partial charge in [-0.15, -0.1) is 0 Å². The predicted octanol–water partition coefficient (Wildman–Crippen LogP) is 5.25. The maximum Gasteiger partial charge on any atom is 0.303 e. The molecule has 0 aromatic carbocycles. The fourth-order valence-electron chi connectivity index (χ4n) is 2.54. The average molecular weight is 338 g/mol. The first kappa shape index (κ1) is 22.6. The topological polar surface area (TPSA) is 71.4 Å². The largest absolute Gasteiger partial charge is 0.481 e. The number of ketones is 2. The van der Waals surface area contributed by atoms with Gasteiger partial charge in [-0.2, -0.15) is 0 Å². The number of carboxylic acid groups (broad SMARTS) is 1. The molecule has 0 fully saturated rings. The van der Waals surface area contributed by atoms with E-state index in [0.717, 1.165) is 70.6 Å². The molecule has 0 heterocycles. The van der Waals surface area contributed by atoms with Crippen LogP contribution in [0.15, 0.2) is 12.2 Å². The van der Waals surface area contributed by atoms with Gasteiger partial charge in [0.1, 0.15) is 0 Å². The molecule has 0 aliphatic rings. The van der Waals surface area contributed by atoms with Gasteiger partial charge < -0.3 is 5.11 Å². The summed E-state index contributed by atoms with van der Waals surface area (Å²) in [5.41, 5.74) is 0. The number of hydrogen-bond acceptors (Lipinski definition) is 3. The number of aliphatic carboxylic acids is 1. The van der Waals surface area contributed by atoms with Crippen molar-refractivity contribution in [2.45, 2.75) is 96.8 Å². The second kappa shape index (κ2) is 16.4. The van der Waals surface area contributed by atoms with E-state index >= 15 is 0 Å². The summed E-state index contributed by atoms with van der Waals surface area (Å²) in [4.78, 5) is 33.6. The summed E-state index contributed by atoms with van der Waals surface area (Å²) in [6.45, 7) is 2.14. The molecule has 0 aromatic rings. The number of rotatable bonds is 17. The Hall–Kier alpha value is -1.45. The molecule has 0 bridgehead atoms. The molecule has 4 nitrogen and oxygen atoms in total. The van der Waals surface area contributed by atoms with Crippen LogP contribution in [-0.4, -0.2) is 22.6 Å². The van der Waals surface area contributed by atoms with Gasteiger partial charge in [0.2, 0.25) is 0 Å². The zero-order valence-electron chi connectivity index (χ0n) is 15.2. The third-order valence-corrected chi connectivity index (χ3v) is 4.05. The van der Waals surface area contributed by atoms with E-state index in [1.165, 1.54) is 12.2 Å². The molecular weight excluding hydrogens is 304 g/mol. The Kier molecular flexibility index (Phi) is 15.4. The molecule has 0 saturated heterocycles. The van der Waals surface area contributed by atoms with Crippen LogP contribution in [0.5, 0.6) is 0 Å². The highest BCUT2D eigenvalue weighted by molar-refractivity contribution is 5.98. The first-order valence-electron chi connectivity index (χ1n) is 9.51. The summed E-state index contributed by atoms with van der Waals surface area (Å²) < 4.78 is 0. The minimum Gasteiger partial charge on any atom is -0.481 e. The molecule has 0 unspecified atom stereocenters. The highest BCUT2D eigenvalue weighted by Gasteiger charge is 2.01. The first-order valence-corrected chi connectivity index (χ1v) is 9.51.